The average Bonchev–Trinajstić information content (AvgIpc) is 2.29. The SMILES string of the molecule is CCC.Cc1ccc2cc(C)c(C(N)=O)cc2c1. The minimum absolute atomic E-state index is 0.365. The lowest BCUT2D eigenvalue weighted by molar-refractivity contribution is 0.1000. The Bertz CT molecular complexity index is 558. The van der Waals surface area contributed by atoms with E-state index in [1.807, 2.05) is 26.0 Å². The lowest BCUT2D eigenvalue weighted by Gasteiger charge is -2.05. The number of hydrogen-bond acceptors (Lipinski definition) is 1. The van der Waals surface area contributed by atoms with Crippen LogP contribution in [0.1, 0.15) is 41.8 Å². The molecule has 2 aromatic rings. The zero-order chi connectivity index (χ0) is 13.7. The molecule has 0 aliphatic rings. The molecule has 0 saturated carbocycles. The van der Waals surface area contributed by atoms with Gasteiger partial charge in [-0.05, 0) is 36.2 Å². The zero-order valence-corrected chi connectivity index (χ0v) is 11.6. The molecule has 2 N–H and O–H groups in total. The molecule has 0 fully saturated rings. The van der Waals surface area contributed by atoms with Crippen molar-refractivity contribution in [2.75, 3.05) is 0 Å². The van der Waals surface area contributed by atoms with Gasteiger partial charge in [-0.3, -0.25) is 4.79 Å². The average molecular weight is 243 g/mol. The van der Waals surface area contributed by atoms with E-state index >= 15 is 0 Å². The van der Waals surface area contributed by atoms with Crippen LogP contribution in [0.15, 0.2) is 30.3 Å². The molecule has 0 unspecified atom stereocenters. The van der Waals surface area contributed by atoms with Crippen LogP contribution in [0.2, 0.25) is 0 Å². The van der Waals surface area contributed by atoms with Gasteiger partial charge >= 0.3 is 0 Å². The highest BCUT2D eigenvalue weighted by Gasteiger charge is 2.06. The van der Waals surface area contributed by atoms with E-state index in [0.29, 0.717) is 5.56 Å². The van der Waals surface area contributed by atoms with E-state index in [4.69, 9.17) is 5.73 Å². The molecular weight excluding hydrogens is 222 g/mol. The van der Waals surface area contributed by atoms with E-state index in [9.17, 15) is 4.79 Å². The Hall–Kier alpha value is -1.83. The summed E-state index contributed by atoms with van der Waals surface area (Å²) in [4.78, 5) is 11.2. The molecule has 2 heteroatoms. The Balaban J connectivity index is 0.000000492. The maximum Gasteiger partial charge on any atom is 0.248 e. The number of fused-ring (bicyclic) bond motifs is 1. The van der Waals surface area contributed by atoms with Crippen molar-refractivity contribution < 1.29 is 4.79 Å². The maximum atomic E-state index is 11.2. The summed E-state index contributed by atoms with van der Waals surface area (Å²) in [6.45, 7) is 8.18. The standard InChI is InChI=1S/C13H13NO.C3H8/c1-8-3-4-10-6-9(2)12(13(14)15)7-11(10)5-8;1-3-2/h3-7H,1-2H3,(H2,14,15);3H2,1-2H3. The fourth-order valence-electron chi connectivity index (χ4n) is 1.80. The van der Waals surface area contributed by atoms with Crippen molar-refractivity contribution in [3.8, 4) is 0 Å². The normalized spacial score (nSPS) is 9.78. The van der Waals surface area contributed by atoms with Crippen LogP contribution >= 0.6 is 0 Å². The lowest BCUT2D eigenvalue weighted by atomic mass is 10.0. The molecule has 18 heavy (non-hydrogen) atoms. The molecule has 0 bridgehead atoms. The van der Waals surface area contributed by atoms with Crippen molar-refractivity contribution >= 4 is 16.7 Å². The topological polar surface area (TPSA) is 43.1 Å². The van der Waals surface area contributed by atoms with Crippen molar-refractivity contribution in [3.05, 3.63) is 47.0 Å². The van der Waals surface area contributed by atoms with Crippen LogP contribution in [-0.2, 0) is 0 Å². The monoisotopic (exact) mass is 243 g/mol. The predicted molar refractivity (Wildman–Crippen MR) is 77.9 cm³/mol. The van der Waals surface area contributed by atoms with Crippen LogP contribution in [0, 0.1) is 13.8 Å². The van der Waals surface area contributed by atoms with Gasteiger partial charge in [-0.25, -0.2) is 0 Å². The summed E-state index contributed by atoms with van der Waals surface area (Å²) in [6, 6.07) is 10.0. The molecule has 0 radical (unpaired) electrons. The third kappa shape index (κ3) is 3.33. The van der Waals surface area contributed by atoms with E-state index in [1.54, 1.807) is 0 Å². The number of primary amides is 1. The quantitative estimate of drug-likeness (QED) is 0.809. The highest BCUT2D eigenvalue weighted by molar-refractivity contribution is 5.99. The summed E-state index contributed by atoms with van der Waals surface area (Å²) in [5.41, 5.74) is 8.02. The fourth-order valence-corrected chi connectivity index (χ4v) is 1.80. The number of rotatable bonds is 1. The zero-order valence-electron chi connectivity index (χ0n) is 11.6. The molecule has 0 aliphatic heterocycles. The first-order valence-corrected chi connectivity index (χ1v) is 6.30. The van der Waals surface area contributed by atoms with Gasteiger partial charge in [0.15, 0.2) is 0 Å². The molecule has 0 atom stereocenters. The van der Waals surface area contributed by atoms with Crippen molar-refractivity contribution in [2.45, 2.75) is 34.1 Å². The van der Waals surface area contributed by atoms with Crippen LogP contribution in [0.3, 0.4) is 0 Å². The minimum Gasteiger partial charge on any atom is -0.366 e. The maximum absolute atomic E-state index is 11.2. The summed E-state index contributed by atoms with van der Waals surface area (Å²) in [7, 11) is 0. The Morgan fingerprint density at radius 1 is 1.06 bits per heavy atom. The van der Waals surface area contributed by atoms with Gasteiger partial charge < -0.3 is 5.73 Å². The number of carbonyl (C=O) groups excluding carboxylic acids is 1. The minimum atomic E-state index is -0.365. The second-order valence-corrected chi connectivity index (χ2v) is 4.59. The first-order chi connectivity index (χ1) is 8.49. The van der Waals surface area contributed by atoms with Crippen LogP contribution < -0.4 is 5.73 Å². The van der Waals surface area contributed by atoms with Gasteiger partial charge in [0.2, 0.25) is 5.91 Å². The Kier molecular flexibility index (Phi) is 4.90. The van der Waals surface area contributed by atoms with Crippen LogP contribution in [0.25, 0.3) is 10.8 Å². The van der Waals surface area contributed by atoms with Crippen LogP contribution in [0.5, 0.6) is 0 Å². The largest absolute Gasteiger partial charge is 0.366 e. The van der Waals surface area contributed by atoms with Crippen molar-refractivity contribution in [1.29, 1.82) is 0 Å². The van der Waals surface area contributed by atoms with Gasteiger partial charge in [0, 0.05) is 5.56 Å². The number of amides is 1. The predicted octanol–water partition coefficient (Wildman–Crippen LogP) is 3.97. The molecule has 1 amide bonds. The highest BCUT2D eigenvalue weighted by atomic mass is 16.1. The Morgan fingerprint density at radius 2 is 1.67 bits per heavy atom. The molecule has 2 nitrogen and oxygen atoms in total. The van der Waals surface area contributed by atoms with Crippen molar-refractivity contribution in [2.24, 2.45) is 5.73 Å². The summed E-state index contributed by atoms with van der Waals surface area (Å²) in [6.07, 6.45) is 1.25. The van der Waals surface area contributed by atoms with E-state index in [2.05, 4.69) is 32.0 Å². The van der Waals surface area contributed by atoms with Gasteiger partial charge in [0.1, 0.15) is 0 Å². The molecule has 2 aromatic carbocycles. The number of nitrogens with two attached hydrogens (primary N) is 1. The summed E-state index contributed by atoms with van der Waals surface area (Å²) >= 11 is 0. The second kappa shape index (κ2) is 6.20. The first-order valence-electron chi connectivity index (χ1n) is 6.30. The van der Waals surface area contributed by atoms with E-state index in [1.165, 1.54) is 12.0 Å². The highest BCUT2D eigenvalue weighted by Crippen LogP contribution is 2.20. The second-order valence-electron chi connectivity index (χ2n) is 4.59. The van der Waals surface area contributed by atoms with Crippen molar-refractivity contribution in [1.82, 2.24) is 0 Å². The molecule has 96 valence electrons. The van der Waals surface area contributed by atoms with Gasteiger partial charge in [-0.2, -0.15) is 0 Å². The third-order valence-electron chi connectivity index (χ3n) is 2.60. The number of carbonyl (C=O) groups is 1. The van der Waals surface area contributed by atoms with Gasteiger partial charge in [-0.15, -0.1) is 0 Å². The van der Waals surface area contributed by atoms with Gasteiger partial charge in [-0.1, -0.05) is 50.1 Å². The Labute approximate surface area is 109 Å². The summed E-state index contributed by atoms with van der Waals surface area (Å²) in [5, 5.41) is 2.21. The third-order valence-corrected chi connectivity index (χ3v) is 2.60. The van der Waals surface area contributed by atoms with E-state index < -0.39 is 0 Å². The number of benzene rings is 2. The van der Waals surface area contributed by atoms with E-state index in [0.717, 1.165) is 16.3 Å². The van der Waals surface area contributed by atoms with Crippen LogP contribution in [-0.4, -0.2) is 5.91 Å². The number of aryl methyl sites for hydroxylation is 2. The first kappa shape index (κ1) is 14.2. The molecule has 0 heterocycles. The fraction of sp³-hybridized carbons (Fsp3) is 0.312. The smallest absolute Gasteiger partial charge is 0.248 e. The Morgan fingerprint density at radius 3 is 2.22 bits per heavy atom. The molecule has 2 rings (SSSR count). The molecule has 0 aliphatic carbocycles. The molecular formula is C16H21NO. The summed E-state index contributed by atoms with van der Waals surface area (Å²) < 4.78 is 0. The lowest BCUT2D eigenvalue weighted by Crippen LogP contribution is -2.12. The molecule has 0 spiro atoms. The number of hydrogen-bond donors (Lipinski definition) is 1. The molecule has 0 saturated heterocycles. The van der Waals surface area contributed by atoms with E-state index in [-0.39, 0.29) is 5.91 Å². The van der Waals surface area contributed by atoms with Crippen LogP contribution in [0.4, 0.5) is 0 Å². The van der Waals surface area contributed by atoms with Crippen molar-refractivity contribution in [3.63, 3.8) is 0 Å². The molecule has 0 aromatic heterocycles. The van der Waals surface area contributed by atoms with Gasteiger partial charge in [0.05, 0.1) is 0 Å². The van der Waals surface area contributed by atoms with Gasteiger partial charge in [0.25, 0.3) is 0 Å². The summed E-state index contributed by atoms with van der Waals surface area (Å²) in [5.74, 6) is -0.365.